The van der Waals surface area contributed by atoms with Crippen molar-refractivity contribution >= 4 is 17.9 Å². The fourth-order valence-corrected chi connectivity index (χ4v) is 9.22. The monoisotopic (exact) mass is 1180 g/mol. The lowest BCUT2D eigenvalue weighted by molar-refractivity contribution is -0.870. The third-order valence-corrected chi connectivity index (χ3v) is 14.4. The first kappa shape index (κ1) is 80.4. The Kier molecular flexibility index (Phi) is 61.9. The third-order valence-electron chi connectivity index (χ3n) is 14.4. The predicted molar refractivity (Wildman–Crippen MR) is 361 cm³/mol. The second-order valence-electron chi connectivity index (χ2n) is 23.7. The number of unbranched alkanes of at least 4 members (excludes halogenated alkanes) is 25. The second-order valence-corrected chi connectivity index (χ2v) is 23.7. The van der Waals surface area contributed by atoms with Crippen LogP contribution < -0.4 is 5.11 Å². The van der Waals surface area contributed by atoms with Crippen molar-refractivity contribution in [1.82, 2.24) is 0 Å². The molecule has 0 radical (unpaired) electrons. The largest absolute Gasteiger partial charge is 0.545 e. The zero-order valence-corrected chi connectivity index (χ0v) is 55.2. The number of carboxylic acids is 1. The topological polar surface area (TPSA) is 111 Å². The number of quaternary nitrogens is 1. The van der Waals surface area contributed by atoms with Gasteiger partial charge < -0.3 is 33.3 Å². The summed E-state index contributed by atoms with van der Waals surface area (Å²) in [4.78, 5) is 37.5. The van der Waals surface area contributed by atoms with E-state index in [1.54, 1.807) is 0 Å². The highest BCUT2D eigenvalue weighted by molar-refractivity contribution is 5.70. The van der Waals surface area contributed by atoms with Gasteiger partial charge in [-0.15, -0.1) is 0 Å². The van der Waals surface area contributed by atoms with Crippen LogP contribution in [0.4, 0.5) is 0 Å². The van der Waals surface area contributed by atoms with Gasteiger partial charge >= 0.3 is 11.9 Å². The number of nitrogens with zero attached hydrogens (tertiary/aromatic N) is 1. The molecule has 0 spiro atoms. The fraction of sp³-hybridized carbons (Fsp3) is 0.671. The second kappa shape index (κ2) is 65.4. The zero-order chi connectivity index (χ0) is 61.9. The molecule has 484 valence electrons. The zero-order valence-electron chi connectivity index (χ0n) is 55.2. The van der Waals surface area contributed by atoms with Crippen LogP contribution in [0.5, 0.6) is 0 Å². The van der Waals surface area contributed by atoms with Crippen molar-refractivity contribution < 1.29 is 42.9 Å². The highest BCUT2D eigenvalue weighted by Crippen LogP contribution is 2.17. The molecule has 0 fully saturated rings. The van der Waals surface area contributed by atoms with Crippen LogP contribution >= 0.6 is 0 Å². The summed E-state index contributed by atoms with van der Waals surface area (Å²) in [5.74, 6) is -2.30. The standard InChI is InChI=1S/C76H127NO8/c1-6-8-10-12-14-16-18-20-22-24-26-28-30-31-32-33-34-35-36-37-38-39-40-41-42-43-45-47-49-51-53-55-57-59-61-63-65-67-74(79)85-72(71-84-76(75(80)81)82-69-68-77(3,4)5)70-83-73(78)66-64-62-60-58-56-54-52-50-48-46-44-29-27-25-23-21-19-17-15-13-11-9-7-2/h8-11,14-17,20-23,26-29,31-32,34-35,46,48,72,76H,6-7,12-13,18-19,24-25,30,33,36-45,47,49-71H2,1-5H3/b10-8-,11-9-,16-14-,17-15-,22-20-,23-21-,28-26-,29-27-,32-31-,35-34-,48-46-. The van der Waals surface area contributed by atoms with Crippen LogP contribution in [-0.4, -0.2) is 82.3 Å². The lowest BCUT2D eigenvalue weighted by Gasteiger charge is -2.26. The molecule has 0 amide bonds. The van der Waals surface area contributed by atoms with Crippen molar-refractivity contribution in [2.24, 2.45) is 0 Å². The minimum absolute atomic E-state index is 0.141. The maximum absolute atomic E-state index is 12.9. The number of ether oxygens (including phenoxy) is 4. The summed E-state index contributed by atoms with van der Waals surface area (Å²) in [6.45, 7) is 4.51. The van der Waals surface area contributed by atoms with Gasteiger partial charge in [-0.2, -0.15) is 0 Å². The Morgan fingerprint density at radius 3 is 0.941 bits per heavy atom. The van der Waals surface area contributed by atoms with Gasteiger partial charge in [-0.25, -0.2) is 0 Å². The molecular formula is C76H127NO8. The fourth-order valence-electron chi connectivity index (χ4n) is 9.22. The van der Waals surface area contributed by atoms with Crippen LogP contribution in [0.2, 0.25) is 0 Å². The molecule has 9 heteroatoms. The van der Waals surface area contributed by atoms with Gasteiger partial charge in [-0.1, -0.05) is 282 Å². The van der Waals surface area contributed by atoms with E-state index in [1.807, 2.05) is 21.1 Å². The molecule has 0 aromatic carbocycles. The van der Waals surface area contributed by atoms with E-state index >= 15 is 0 Å². The van der Waals surface area contributed by atoms with E-state index in [4.69, 9.17) is 18.9 Å². The number of likely N-dealkylation sites (N-methyl/N-ethyl adjacent to an activating group) is 1. The molecule has 0 aromatic rings. The number of esters is 2. The molecule has 85 heavy (non-hydrogen) atoms. The summed E-state index contributed by atoms with van der Waals surface area (Å²) >= 11 is 0. The van der Waals surface area contributed by atoms with Crippen molar-refractivity contribution in [1.29, 1.82) is 0 Å². The molecule has 0 heterocycles. The number of hydrogen-bond acceptors (Lipinski definition) is 8. The Morgan fingerprint density at radius 1 is 0.353 bits per heavy atom. The molecule has 0 bridgehead atoms. The number of allylic oxidation sites excluding steroid dienone is 22. The van der Waals surface area contributed by atoms with Crippen molar-refractivity contribution in [2.45, 2.75) is 283 Å². The van der Waals surface area contributed by atoms with Gasteiger partial charge in [0.05, 0.1) is 40.3 Å². The number of carbonyl (C=O) groups is 3. The van der Waals surface area contributed by atoms with Gasteiger partial charge in [0.15, 0.2) is 12.4 Å². The maximum atomic E-state index is 12.9. The van der Waals surface area contributed by atoms with Gasteiger partial charge in [0.2, 0.25) is 0 Å². The van der Waals surface area contributed by atoms with Crippen molar-refractivity contribution in [3.8, 4) is 0 Å². The SMILES string of the molecule is CC/C=C\C/C=C\C/C=C\C/C=C\C/C=C\C/C=C\CCCCCCCCCCCCCCCCCCCCC(=O)OC(COC(=O)CCCCCCCCC/C=C\C/C=C\C/C=C\C/C=C\C/C=C\CC)COC(OCC[N+](C)(C)C)C(=O)[O-]. The van der Waals surface area contributed by atoms with Gasteiger partial charge in [-0.3, -0.25) is 9.59 Å². The van der Waals surface area contributed by atoms with Gasteiger partial charge in [-0.05, 0) is 109 Å². The van der Waals surface area contributed by atoms with E-state index in [2.05, 4.69) is 148 Å². The Morgan fingerprint density at radius 2 is 0.635 bits per heavy atom. The number of aliphatic carboxylic acids is 1. The summed E-state index contributed by atoms with van der Waals surface area (Å²) in [5.41, 5.74) is 0. The van der Waals surface area contributed by atoms with Crippen molar-refractivity contribution in [2.75, 3.05) is 47.5 Å². The quantitative estimate of drug-likeness (QED) is 0.0195. The average molecular weight is 1180 g/mol. The van der Waals surface area contributed by atoms with Crippen LogP contribution in [0.15, 0.2) is 134 Å². The van der Waals surface area contributed by atoms with Crippen LogP contribution in [0.1, 0.15) is 271 Å². The van der Waals surface area contributed by atoms with E-state index in [0.717, 1.165) is 122 Å². The predicted octanol–water partition coefficient (Wildman–Crippen LogP) is 20.0. The summed E-state index contributed by atoms with van der Waals surface area (Å²) in [7, 11) is 5.92. The normalized spacial score (nSPS) is 13.6. The van der Waals surface area contributed by atoms with Crippen molar-refractivity contribution in [3.05, 3.63) is 134 Å². The molecule has 0 rings (SSSR count). The highest BCUT2D eigenvalue weighted by Gasteiger charge is 2.22. The smallest absolute Gasteiger partial charge is 0.306 e. The van der Waals surface area contributed by atoms with Crippen molar-refractivity contribution in [3.63, 3.8) is 0 Å². The lowest BCUT2D eigenvalue weighted by Crippen LogP contribution is -2.44. The average Bonchev–Trinajstić information content (AvgIpc) is 3.48. The van der Waals surface area contributed by atoms with Gasteiger partial charge in [0, 0.05) is 12.8 Å². The summed E-state index contributed by atoms with van der Waals surface area (Å²) in [5, 5.41) is 11.8. The van der Waals surface area contributed by atoms with Crippen LogP contribution in [0.3, 0.4) is 0 Å². The first-order chi connectivity index (χ1) is 41.6. The summed E-state index contributed by atoms with van der Waals surface area (Å²) in [6, 6.07) is 0. The molecule has 9 nitrogen and oxygen atoms in total. The summed E-state index contributed by atoms with van der Waals surface area (Å²) < 4.78 is 22.8. The molecule has 0 aliphatic carbocycles. The minimum atomic E-state index is -1.63. The minimum Gasteiger partial charge on any atom is -0.545 e. The van der Waals surface area contributed by atoms with Crippen LogP contribution in [0, 0.1) is 0 Å². The van der Waals surface area contributed by atoms with E-state index in [-0.39, 0.29) is 38.6 Å². The third kappa shape index (κ3) is 66.8. The van der Waals surface area contributed by atoms with Gasteiger partial charge in [0.25, 0.3) is 0 Å². The van der Waals surface area contributed by atoms with E-state index in [0.29, 0.717) is 17.4 Å². The lowest BCUT2D eigenvalue weighted by atomic mass is 10.0. The first-order valence-corrected chi connectivity index (χ1v) is 34.3. The molecule has 0 saturated heterocycles. The number of carboxylic acid groups (broad SMARTS) is 1. The van der Waals surface area contributed by atoms with E-state index < -0.39 is 24.3 Å². The maximum Gasteiger partial charge on any atom is 0.306 e. The Balaban J connectivity index is 4.12. The highest BCUT2D eigenvalue weighted by atomic mass is 16.7. The number of rotatable bonds is 62. The molecule has 0 N–H and O–H groups in total. The molecule has 0 aliphatic rings. The van der Waals surface area contributed by atoms with Gasteiger partial charge in [0.1, 0.15) is 13.2 Å². The molecular weight excluding hydrogens is 1050 g/mol. The van der Waals surface area contributed by atoms with Crippen LogP contribution in [-0.2, 0) is 33.3 Å². The summed E-state index contributed by atoms with van der Waals surface area (Å²) in [6.07, 6.45) is 91.0. The van der Waals surface area contributed by atoms with E-state index in [1.165, 1.54) is 116 Å². The Hall–Kier alpha value is -4.57. The van der Waals surface area contributed by atoms with E-state index in [9.17, 15) is 19.5 Å². The Bertz CT molecular complexity index is 1860. The number of hydrogen-bond donors (Lipinski definition) is 0. The molecule has 0 aliphatic heterocycles. The number of carbonyl (C=O) groups excluding carboxylic acids is 3. The molecule has 2 unspecified atom stereocenters. The molecule has 0 saturated carbocycles. The molecule has 2 atom stereocenters. The van der Waals surface area contributed by atoms with Crippen LogP contribution in [0.25, 0.3) is 0 Å². The first-order valence-electron chi connectivity index (χ1n) is 34.3. The molecule has 0 aromatic heterocycles. The Labute approximate surface area is 522 Å².